The highest BCUT2D eigenvalue weighted by molar-refractivity contribution is 5.96. The highest BCUT2D eigenvalue weighted by atomic mass is 16.3. The summed E-state index contributed by atoms with van der Waals surface area (Å²) in [5, 5.41) is 11.8. The van der Waals surface area contributed by atoms with Crippen molar-refractivity contribution in [3.05, 3.63) is 72.6 Å². The van der Waals surface area contributed by atoms with E-state index in [-0.39, 0.29) is 11.6 Å². The SMILES string of the molecule is O=C(CO)c1cnc(N2CCN(C(=O)Nc3ccc(-c4ccccc4)cc3)CC2)nc1. The normalized spacial score (nSPS) is 13.7. The molecule has 1 aliphatic heterocycles. The van der Waals surface area contributed by atoms with Gasteiger partial charge in [0.2, 0.25) is 5.95 Å². The van der Waals surface area contributed by atoms with Gasteiger partial charge in [0.1, 0.15) is 6.61 Å². The van der Waals surface area contributed by atoms with E-state index in [1.165, 1.54) is 12.4 Å². The first kappa shape index (κ1) is 20.5. The summed E-state index contributed by atoms with van der Waals surface area (Å²) in [5.41, 5.74) is 3.26. The van der Waals surface area contributed by atoms with Crippen molar-refractivity contribution in [3.8, 4) is 11.1 Å². The summed E-state index contributed by atoms with van der Waals surface area (Å²) in [7, 11) is 0. The van der Waals surface area contributed by atoms with Gasteiger partial charge in [-0.1, -0.05) is 42.5 Å². The minimum Gasteiger partial charge on any atom is -0.388 e. The van der Waals surface area contributed by atoms with Gasteiger partial charge >= 0.3 is 6.03 Å². The summed E-state index contributed by atoms with van der Waals surface area (Å²) in [5.74, 6) is 0.0934. The fourth-order valence-electron chi connectivity index (χ4n) is 3.41. The second-order valence-corrected chi connectivity index (χ2v) is 7.20. The molecule has 0 unspecified atom stereocenters. The molecule has 2 N–H and O–H groups in total. The molecular weight excluding hydrogens is 394 g/mol. The van der Waals surface area contributed by atoms with Crippen LogP contribution in [0.2, 0.25) is 0 Å². The Labute approximate surface area is 180 Å². The highest BCUT2D eigenvalue weighted by Crippen LogP contribution is 2.21. The third-order valence-corrected chi connectivity index (χ3v) is 5.20. The molecule has 1 aliphatic rings. The number of amides is 2. The summed E-state index contributed by atoms with van der Waals surface area (Å²) in [6.07, 6.45) is 2.83. The molecule has 1 aromatic heterocycles. The lowest BCUT2D eigenvalue weighted by molar-refractivity contribution is 0.0903. The van der Waals surface area contributed by atoms with Crippen LogP contribution in [-0.2, 0) is 0 Å². The quantitative estimate of drug-likeness (QED) is 0.620. The number of aliphatic hydroxyl groups is 1. The number of aliphatic hydroxyl groups excluding tert-OH is 1. The highest BCUT2D eigenvalue weighted by Gasteiger charge is 2.23. The van der Waals surface area contributed by atoms with Crippen molar-refractivity contribution >= 4 is 23.5 Å². The Morgan fingerprint density at radius 1 is 0.871 bits per heavy atom. The first-order valence-electron chi connectivity index (χ1n) is 10.1. The average molecular weight is 417 g/mol. The predicted octanol–water partition coefficient (Wildman–Crippen LogP) is 2.67. The maximum absolute atomic E-state index is 12.6. The summed E-state index contributed by atoms with van der Waals surface area (Å²) < 4.78 is 0. The second-order valence-electron chi connectivity index (χ2n) is 7.20. The van der Waals surface area contributed by atoms with Crippen LogP contribution in [0.5, 0.6) is 0 Å². The van der Waals surface area contributed by atoms with Crippen LogP contribution in [0.1, 0.15) is 10.4 Å². The van der Waals surface area contributed by atoms with Crippen molar-refractivity contribution in [2.45, 2.75) is 0 Å². The van der Waals surface area contributed by atoms with E-state index in [4.69, 9.17) is 5.11 Å². The Bertz CT molecular complexity index is 1030. The Morgan fingerprint density at radius 3 is 2.10 bits per heavy atom. The molecule has 8 heteroatoms. The maximum atomic E-state index is 12.6. The molecule has 0 bridgehead atoms. The van der Waals surface area contributed by atoms with Gasteiger partial charge < -0.3 is 20.2 Å². The lowest BCUT2D eigenvalue weighted by Crippen LogP contribution is -2.50. The number of piperazine rings is 1. The van der Waals surface area contributed by atoms with Crippen molar-refractivity contribution in [1.82, 2.24) is 14.9 Å². The molecule has 31 heavy (non-hydrogen) atoms. The van der Waals surface area contributed by atoms with E-state index in [0.29, 0.717) is 32.1 Å². The van der Waals surface area contributed by atoms with Crippen LogP contribution in [0.15, 0.2) is 67.0 Å². The zero-order chi connectivity index (χ0) is 21.6. The molecule has 1 saturated heterocycles. The number of hydrogen-bond donors (Lipinski definition) is 2. The van der Waals surface area contributed by atoms with Crippen LogP contribution in [-0.4, -0.2) is 64.6 Å². The minimum absolute atomic E-state index is 0.142. The van der Waals surface area contributed by atoms with Gasteiger partial charge in [-0.3, -0.25) is 4.79 Å². The number of rotatable bonds is 5. The summed E-state index contributed by atoms with van der Waals surface area (Å²) in [4.78, 5) is 36.2. The molecule has 0 spiro atoms. The Kier molecular flexibility index (Phi) is 6.18. The molecule has 0 aliphatic carbocycles. The van der Waals surface area contributed by atoms with Crippen LogP contribution in [0.3, 0.4) is 0 Å². The number of aromatic nitrogens is 2. The number of Topliss-reactive ketones (excluding diaryl/α,β-unsaturated/α-hetero) is 1. The molecule has 3 aromatic rings. The van der Waals surface area contributed by atoms with Gasteiger partial charge in [0, 0.05) is 44.3 Å². The number of benzene rings is 2. The first-order valence-corrected chi connectivity index (χ1v) is 10.1. The number of nitrogens with one attached hydrogen (secondary N) is 1. The topological polar surface area (TPSA) is 98.7 Å². The van der Waals surface area contributed by atoms with E-state index in [9.17, 15) is 9.59 Å². The minimum atomic E-state index is -0.564. The molecule has 0 saturated carbocycles. The fourth-order valence-corrected chi connectivity index (χ4v) is 3.41. The number of carbonyl (C=O) groups excluding carboxylic acids is 2. The van der Waals surface area contributed by atoms with Crippen molar-refractivity contribution < 1.29 is 14.7 Å². The fraction of sp³-hybridized carbons (Fsp3) is 0.217. The van der Waals surface area contributed by atoms with Gasteiger partial charge in [-0.05, 0) is 23.3 Å². The monoisotopic (exact) mass is 417 g/mol. The second kappa shape index (κ2) is 9.36. The Morgan fingerprint density at radius 2 is 1.48 bits per heavy atom. The van der Waals surface area contributed by atoms with Crippen molar-refractivity contribution in [2.75, 3.05) is 43.0 Å². The largest absolute Gasteiger partial charge is 0.388 e. The standard InChI is InChI=1S/C23H23N5O3/c29-16-21(30)19-14-24-22(25-15-19)27-10-12-28(13-11-27)23(31)26-20-8-6-18(7-9-20)17-4-2-1-3-5-17/h1-9,14-15,29H,10-13,16H2,(H,26,31). The van der Waals surface area contributed by atoms with Gasteiger partial charge in [0.15, 0.2) is 5.78 Å². The van der Waals surface area contributed by atoms with E-state index in [0.717, 1.165) is 16.8 Å². The lowest BCUT2D eigenvalue weighted by atomic mass is 10.1. The van der Waals surface area contributed by atoms with Gasteiger partial charge in [-0.15, -0.1) is 0 Å². The van der Waals surface area contributed by atoms with Crippen LogP contribution in [0.25, 0.3) is 11.1 Å². The zero-order valence-electron chi connectivity index (χ0n) is 16.9. The smallest absolute Gasteiger partial charge is 0.321 e. The van der Waals surface area contributed by atoms with Gasteiger partial charge in [0.25, 0.3) is 0 Å². The number of nitrogens with zero attached hydrogens (tertiary/aromatic N) is 4. The molecule has 2 aromatic carbocycles. The van der Waals surface area contributed by atoms with E-state index in [1.54, 1.807) is 4.90 Å². The van der Waals surface area contributed by atoms with E-state index >= 15 is 0 Å². The Hall–Kier alpha value is -3.78. The molecule has 2 heterocycles. The molecule has 4 rings (SSSR count). The van der Waals surface area contributed by atoms with Crippen LogP contribution in [0.4, 0.5) is 16.4 Å². The van der Waals surface area contributed by atoms with E-state index < -0.39 is 12.4 Å². The molecule has 0 radical (unpaired) electrons. The van der Waals surface area contributed by atoms with Gasteiger partial charge in [-0.25, -0.2) is 14.8 Å². The van der Waals surface area contributed by atoms with Crippen LogP contribution >= 0.6 is 0 Å². The number of hydrogen-bond acceptors (Lipinski definition) is 6. The van der Waals surface area contributed by atoms with Gasteiger partial charge in [-0.2, -0.15) is 0 Å². The number of anilines is 2. The Balaban J connectivity index is 1.30. The van der Waals surface area contributed by atoms with Gasteiger partial charge in [0.05, 0.1) is 5.56 Å². The summed E-state index contributed by atoms with van der Waals surface area (Å²) in [6.45, 7) is 1.69. The van der Waals surface area contributed by atoms with Crippen LogP contribution in [0, 0.1) is 0 Å². The van der Waals surface area contributed by atoms with Crippen LogP contribution < -0.4 is 10.2 Å². The van der Waals surface area contributed by atoms with E-state index in [1.807, 2.05) is 47.4 Å². The van der Waals surface area contributed by atoms with Crippen molar-refractivity contribution in [3.63, 3.8) is 0 Å². The van der Waals surface area contributed by atoms with Crippen molar-refractivity contribution in [2.24, 2.45) is 0 Å². The molecular formula is C23H23N5O3. The molecule has 0 atom stereocenters. The van der Waals surface area contributed by atoms with Crippen molar-refractivity contribution in [1.29, 1.82) is 0 Å². The first-order chi connectivity index (χ1) is 15.1. The predicted molar refractivity (Wildman–Crippen MR) is 118 cm³/mol. The molecule has 2 amide bonds. The third-order valence-electron chi connectivity index (χ3n) is 5.20. The summed E-state index contributed by atoms with van der Waals surface area (Å²) >= 11 is 0. The average Bonchev–Trinajstić information content (AvgIpc) is 2.85. The molecule has 158 valence electrons. The zero-order valence-corrected chi connectivity index (χ0v) is 16.9. The lowest BCUT2D eigenvalue weighted by Gasteiger charge is -2.34. The number of carbonyl (C=O) groups is 2. The maximum Gasteiger partial charge on any atom is 0.321 e. The number of ketones is 1. The van der Waals surface area contributed by atoms with E-state index in [2.05, 4.69) is 27.4 Å². The summed E-state index contributed by atoms with van der Waals surface area (Å²) in [6, 6.07) is 17.7. The molecule has 1 fully saturated rings. The number of urea groups is 1. The third kappa shape index (κ3) is 4.87. The molecule has 8 nitrogen and oxygen atoms in total.